The van der Waals surface area contributed by atoms with Crippen LogP contribution in [0.2, 0.25) is 0 Å². The molecule has 3 heterocycles. The number of fused-ring (bicyclic) bond motifs is 4. The number of nitrogens with one attached hydrogen (secondary N) is 2. The third-order valence-corrected chi connectivity index (χ3v) is 7.18. The Morgan fingerprint density at radius 1 is 1.13 bits per heavy atom. The van der Waals surface area contributed by atoms with Gasteiger partial charge < -0.3 is 10.4 Å². The molecule has 7 nitrogen and oxygen atoms in total. The van der Waals surface area contributed by atoms with Crippen molar-refractivity contribution >= 4 is 39.3 Å². The highest BCUT2D eigenvalue weighted by atomic mass is 79.9. The van der Waals surface area contributed by atoms with E-state index < -0.39 is 29.5 Å². The van der Waals surface area contributed by atoms with Gasteiger partial charge in [-0.15, -0.1) is 0 Å². The standard InChI is InChI=1S/C23H22BrN3O4/c1-12(28)19-17-18(21(30)27(20(17)29)10-9-13-5-3-2-4-6-13)23(26-19)15-11-14(24)7-8-16(15)25-22(23)31/h2-8,11-12,17-19,26,28H,9-10H2,1H3,(H,25,31)/t12?,17-,18-,19?,23?/m1/s1. The number of likely N-dealkylation sites (tertiary alicyclic amines) is 1. The highest BCUT2D eigenvalue weighted by Crippen LogP contribution is 2.53. The summed E-state index contributed by atoms with van der Waals surface area (Å²) in [5.74, 6) is -2.79. The van der Waals surface area contributed by atoms with Crippen molar-refractivity contribution in [2.45, 2.75) is 31.0 Å². The molecule has 5 atom stereocenters. The molecular weight excluding hydrogens is 462 g/mol. The molecule has 2 aromatic carbocycles. The van der Waals surface area contributed by atoms with Gasteiger partial charge in [-0.1, -0.05) is 46.3 Å². The summed E-state index contributed by atoms with van der Waals surface area (Å²) < 4.78 is 0.763. The summed E-state index contributed by atoms with van der Waals surface area (Å²) in [6.45, 7) is 1.82. The van der Waals surface area contributed by atoms with Crippen LogP contribution in [0, 0.1) is 11.8 Å². The number of imide groups is 1. The Kier molecular flexibility index (Phi) is 4.76. The van der Waals surface area contributed by atoms with Crippen molar-refractivity contribution in [3.63, 3.8) is 0 Å². The molecule has 0 aliphatic carbocycles. The summed E-state index contributed by atoms with van der Waals surface area (Å²) in [5, 5.41) is 16.5. The molecule has 2 saturated heterocycles. The molecular formula is C23H22BrN3O4. The maximum Gasteiger partial charge on any atom is 0.250 e. The van der Waals surface area contributed by atoms with Crippen molar-refractivity contribution in [1.82, 2.24) is 10.2 Å². The van der Waals surface area contributed by atoms with Crippen LogP contribution in [0.3, 0.4) is 0 Å². The summed E-state index contributed by atoms with van der Waals surface area (Å²) >= 11 is 3.44. The van der Waals surface area contributed by atoms with E-state index in [1.54, 1.807) is 19.1 Å². The summed E-state index contributed by atoms with van der Waals surface area (Å²) in [6.07, 6.45) is -0.381. The molecule has 0 bridgehead atoms. The number of hydrogen-bond acceptors (Lipinski definition) is 5. The molecule has 2 fully saturated rings. The molecule has 160 valence electrons. The fourth-order valence-electron chi connectivity index (χ4n) is 5.28. The summed E-state index contributed by atoms with van der Waals surface area (Å²) in [5.41, 5.74) is 0.859. The zero-order chi connectivity index (χ0) is 21.9. The predicted molar refractivity (Wildman–Crippen MR) is 117 cm³/mol. The quantitative estimate of drug-likeness (QED) is 0.575. The first-order valence-corrected chi connectivity index (χ1v) is 11.1. The predicted octanol–water partition coefficient (Wildman–Crippen LogP) is 1.79. The van der Waals surface area contributed by atoms with Crippen LogP contribution in [0.1, 0.15) is 18.1 Å². The average molecular weight is 484 g/mol. The molecule has 2 aromatic rings. The molecule has 3 N–H and O–H groups in total. The second-order valence-corrected chi connectivity index (χ2v) is 9.35. The SMILES string of the molecule is CC(O)C1NC2(C(=O)Nc3ccc(Br)cc32)[C@H]2C(=O)N(CCc3ccccc3)C(=O)[C@@H]12. The van der Waals surface area contributed by atoms with Gasteiger partial charge in [0.1, 0.15) is 5.54 Å². The molecule has 8 heteroatoms. The lowest BCUT2D eigenvalue weighted by molar-refractivity contribution is -0.143. The normalized spacial score (nSPS) is 30.0. The lowest BCUT2D eigenvalue weighted by Gasteiger charge is -2.30. The Morgan fingerprint density at radius 2 is 1.87 bits per heavy atom. The second-order valence-electron chi connectivity index (χ2n) is 8.43. The molecule has 3 aliphatic heterocycles. The van der Waals surface area contributed by atoms with Crippen molar-refractivity contribution < 1.29 is 19.5 Å². The van der Waals surface area contributed by atoms with E-state index in [4.69, 9.17) is 0 Å². The molecule has 31 heavy (non-hydrogen) atoms. The van der Waals surface area contributed by atoms with Crippen molar-refractivity contribution in [2.75, 3.05) is 11.9 Å². The third-order valence-electron chi connectivity index (χ3n) is 6.69. The Hall–Kier alpha value is -2.55. The van der Waals surface area contributed by atoms with Gasteiger partial charge in [-0.05, 0) is 37.1 Å². The number of rotatable bonds is 4. The average Bonchev–Trinajstić information content (AvgIpc) is 3.33. The monoisotopic (exact) mass is 483 g/mol. The Labute approximate surface area is 187 Å². The van der Waals surface area contributed by atoms with Crippen molar-refractivity contribution in [2.24, 2.45) is 11.8 Å². The summed E-state index contributed by atoms with van der Waals surface area (Å²) in [6, 6.07) is 14.3. The van der Waals surface area contributed by atoms with E-state index in [-0.39, 0.29) is 24.3 Å². The van der Waals surface area contributed by atoms with E-state index in [1.807, 2.05) is 36.4 Å². The van der Waals surface area contributed by atoms with Crippen LogP contribution < -0.4 is 10.6 Å². The first kappa shape index (κ1) is 20.4. The van der Waals surface area contributed by atoms with Crippen LogP contribution >= 0.6 is 15.9 Å². The maximum absolute atomic E-state index is 13.6. The number of benzene rings is 2. The van der Waals surface area contributed by atoms with Gasteiger partial charge >= 0.3 is 0 Å². The zero-order valence-corrected chi connectivity index (χ0v) is 18.4. The number of hydrogen-bond donors (Lipinski definition) is 3. The van der Waals surface area contributed by atoms with Crippen LogP contribution in [0.5, 0.6) is 0 Å². The van der Waals surface area contributed by atoms with Gasteiger partial charge in [-0.25, -0.2) is 0 Å². The Morgan fingerprint density at radius 3 is 2.58 bits per heavy atom. The minimum atomic E-state index is -1.39. The van der Waals surface area contributed by atoms with E-state index in [0.29, 0.717) is 17.7 Å². The Bertz CT molecular complexity index is 1090. The van der Waals surface area contributed by atoms with E-state index >= 15 is 0 Å². The van der Waals surface area contributed by atoms with Crippen molar-refractivity contribution in [1.29, 1.82) is 0 Å². The number of anilines is 1. The van der Waals surface area contributed by atoms with E-state index in [1.165, 1.54) is 4.90 Å². The number of carbonyl (C=O) groups excluding carboxylic acids is 3. The molecule has 3 aliphatic rings. The van der Waals surface area contributed by atoms with Gasteiger partial charge in [0.25, 0.3) is 0 Å². The number of carbonyl (C=O) groups is 3. The molecule has 3 amide bonds. The van der Waals surface area contributed by atoms with Crippen LogP contribution in [0.25, 0.3) is 0 Å². The lowest BCUT2D eigenvalue weighted by atomic mass is 9.76. The Balaban J connectivity index is 1.55. The van der Waals surface area contributed by atoms with Gasteiger partial charge in [-0.3, -0.25) is 24.6 Å². The number of amides is 3. The topological polar surface area (TPSA) is 98.7 Å². The molecule has 0 saturated carbocycles. The molecule has 0 radical (unpaired) electrons. The largest absolute Gasteiger partial charge is 0.392 e. The first-order valence-electron chi connectivity index (χ1n) is 10.3. The van der Waals surface area contributed by atoms with Crippen molar-refractivity contribution in [3.8, 4) is 0 Å². The van der Waals surface area contributed by atoms with Crippen LogP contribution in [0.4, 0.5) is 5.69 Å². The van der Waals surface area contributed by atoms with Gasteiger partial charge in [-0.2, -0.15) is 0 Å². The van der Waals surface area contributed by atoms with Gasteiger partial charge in [0.05, 0.1) is 17.9 Å². The number of halogens is 1. The maximum atomic E-state index is 13.6. The number of aliphatic hydroxyl groups excluding tert-OH is 1. The highest BCUT2D eigenvalue weighted by Gasteiger charge is 2.71. The zero-order valence-electron chi connectivity index (χ0n) is 16.8. The summed E-state index contributed by atoms with van der Waals surface area (Å²) in [4.78, 5) is 41.5. The van der Waals surface area contributed by atoms with Gasteiger partial charge in [0, 0.05) is 28.3 Å². The van der Waals surface area contributed by atoms with Crippen molar-refractivity contribution in [3.05, 3.63) is 64.1 Å². The summed E-state index contributed by atoms with van der Waals surface area (Å²) in [7, 11) is 0. The minimum absolute atomic E-state index is 0.240. The van der Waals surface area contributed by atoms with Crippen LogP contribution in [-0.4, -0.2) is 46.4 Å². The van der Waals surface area contributed by atoms with E-state index in [2.05, 4.69) is 26.6 Å². The molecule has 0 aromatic heterocycles. The van der Waals surface area contributed by atoms with Crippen LogP contribution in [-0.2, 0) is 26.3 Å². The number of aliphatic hydroxyl groups is 1. The van der Waals surface area contributed by atoms with E-state index in [0.717, 1.165) is 10.0 Å². The first-order chi connectivity index (χ1) is 14.8. The fourth-order valence-corrected chi connectivity index (χ4v) is 5.65. The fraction of sp³-hybridized carbons (Fsp3) is 0.348. The highest BCUT2D eigenvalue weighted by molar-refractivity contribution is 9.10. The van der Waals surface area contributed by atoms with Gasteiger partial charge in [0.2, 0.25) is 17.7 Å². The molecule has 3 unspecified atom stereocenters. The lowest BCUT2D eigenvalue weighted by Crippen LogP contribution is -2.55. The number of nitrogens with zero attached hydrogens (tertiary/aromatic N) is 1. The second kappa shape index (κ2) is 7.25. The van der Waals surface area contributed by atoms with E-state index in [9.17, 15) is 19.5 Å². The minimum Gasteiger partial charge on any atom is -0.392 e. The van der Waals surface area contributed by atoms with Crippen LogP contribution in [0.15, 0.2) is 53.0 Å². The third kappa shape index (κ3) is 2.89. The molecule has 1 spiro atoms. The smallest absolute Gasteiger partial charge is 0.250 e. The van der Waals surface area contributed by atoms with Gasteiger partial charge in [0.15, 0.2) is 0 Å². The molecule has 5 rings (SSSR count).